The minimum absolute atomic E-state index is 0. The number of fused-ring (bicyclic) bond motifs is 1. The summed E-state index contributed by atoms with van der Waals surface area (Å²) in [6, 6.07) is 1.16. The van der Waals surface area contributed by atoms with E-state index in [4.69, 9.17) is 14.4 Å². The molecule has 0 radical (unpaired) electrons. The van der Waals surface area contributed by atoms with Gasteiger partial charge in [-0.05, 0) is 0 Å². The zero-order valence-electron chi connectivity index (χ0n) is 11.3. The molecule has 1 aliphatic carbocycles. The first-order valence-corrected chi connectivity index (χ1v) is 8.02. The molecular weight excluding hydrogens is 399 g/mol. The molecule has 0 aromatic carbocycles. The van der Waals surface area contributed by atoms with Crippen LogP contribution in [0.4, 0.5) is 0 Å². The SMILES string of the molecule is O=c1ccn([C@@H]2OC3(OCC[PH](=O)O)C[C@H]3[C@H]2O)c(=O)[nH]1.[Mo]. The number of rotatable bonds is 5. The molecule has 9 nitrogen and oxygen atoms in total. The Balaban J connectivity index is 0.00000176. The number of H-pyrrole nitrogens is 1. The Morgan fingerprint density at radius 1 is 1.55 bits per heavy atom. The summed E-state index contributed by atoms with van der Waals surface area (Å²) in [6.07, 6.45) is -0.157. The molecule has 11 heteroatoms. The van der Waals surface area contributed by atoms with Crippen LogP contribution in [-0.2, 0) is 35.1 Å². The van der Waals surface area contributed by atoms with Gasteiger partial charge in [0.2, 0.25) is 0 Å². The molecule has 2 fully saturated rings. The molecule has 5 atom stereocenters. The van der Waals surface area contributed by atoms with Crippen molar-refractivity contribution in [1.29, 1.82) is 0 Å². The Morgan fingerprint density at radius 2 is 2.27 bits per heavy atom. The van der Waals surface area contributed by atoms with Crippen LogP contribution < -0.4 is 11.2 Å². The molecule has 0 spiro atoms. The molecule has 2 heterocycles. The average molecular weight is 414 g/mol. The summed E-state index contributed by atoms with van der Waals surface area (Å²) >= 11 is 0. The normalized spacial score (nSPS) is 33.8. The summed E-state index contributed by atoms with van der Waals surface area (Å²) in [5, 5.41) is 10.2. The molecule has 3 N–H and O–H groups in total. The Morgan fingerprint density at radius 3 is 2.91 bits per heavy atom. The number of aromatic amines is 1. The van der Waals surface area contributed by atoms with E-state index >= 15 is 0 Å². The topological polar surface area (TPSA) is 131 Å². The number of aliphatic hydroxyl groups is 1. The van der Waals surface area contributed by atoms with Gasteiger partial charge in [0.1, 0.15) is 6.10 Å². The van der Waals surface area contributed by atoms with Crippen molar-refractivity contribution in [3.8, 4) is 0 Å². The van der Waals surface area contributed by atoms with Crippen LogP contribution in [-0.4, -0.2) is 44.2 Å². The van der Waals surface area contributed by atoms with Crippen molar-refractivity contribution in [3.63, 3.8) is 0 Å². The maximum atomic E-state index is 11.7. The maximum absolute atomic E-state index is 11.7. The third-order valence-corrected chi connectivity index (χ3v) is 4.35. The van der Waals surface area contributed by atoms with E-state index in [2.05, 4.69) is 4.98 Å². The minimum Gasteiger partial charge on any atom is -0.388 e. The first-order valence-electron chi connectivity index (χ1n) is 6.46. The fourth-order valence-corrected chi connectivity index (χ4v) is 2.87. The first-order chi connectivity index (χ1) is 9.93. The van der Waals surface area contributed by atoms with Gasteiger partial charge < -0.3 is 19.5 Å². The predicted molar refractivity (Wildman–Crippen MR) is 70.3 cm³/mol. The van der Waals surface area contributed by atoms with Crippen LogP contribution in [0.2, 0.25) is 0 Å². The Labute approximate surface area is 139 Å². The molecule has 3 rings (SSSR count). The third-order valence-electron chi connectivity index (χ3n) is 3.72. The van der Waals surface area contributed by atoms with Gasteiger partial charge in [-0.25, -0.2) is 4.79 Å². The van der Waals surface area contributed by atoms with Crippen molar-refractivity contribution in [1.82, 2.24) is 9.55 Å². The zero-order valence-corrected chi connectivity index (χ0v) is 14.3. The summed E-state index contributed by atoms with van der Waals surface area (Å²) in [4.78, 5) is 33.6. The van der Waals surface area contributed by atoms with Crippen LogP contribution in [0, 0.1) is 5.92 Å². The molecule has 2 aliphatic rings. The summed E-state index contributed by atoms with van der Waals surface area (Å²) < 4.78 is 22.8. The van der Waals surface area contributed by atoms with E-state index in [9.17, 15) is 19.3 Å². The second kappa shape index (κ2) is 6.51. The third kappa shape index (κ3) is 3.20. The monoisotopic (exact) mass is 416 g/mol. The van der Waals surface area contributed by atoms with Gasteiger partial charge in [0.05, 0.1) is 6.61 Å². The number of hydrogen-bond donors (Lipinski definition) is 3. The second-order valence-electron chi connectivity index (χ2n) is 5.13. The molecule has 1 saturated carbocycles. The second-order valence-corrected chi connectivity index (χ2v) is 6.42. The van der Waals surface area contributed by atoms with E-state index in [-0.39, 0.29) is 39.8 Å². The van der Waals surface area contributed by atoms with E-state index in [1.165, 1.54) is 6.20 Å². The quantitative estimate of drug-likeness (QED) is 0.400. The van der Waals surface area contributed by atoms with Crippen LogP contribution in [0.15, 0.2) is 21.9 Å². The van der Waals surface area contributed by atoms with Crippen LogP contribution in [0.3, 0.4) is 0 Å². The molecule has 0 amide bonds. The van der Waals surface area contributed by atoms with Crippen molar-refractivity contribution in [2.24, 2.45) is 5.92 Å². The Bertz CT molecular complexity index is 692. The number of nitrogens with zero attached hydrogens (tertiary/aromatic N) is 1. The first kappa shape index (κ1) is 17.8. The van der Waals surface area contributed by atoms with Crippen LogP contribution in [0.5, 0.6) is 0 Å². The van der Waals surface area contributed by atoms with Crippen molar-refractivity contribution < 1.29 is 45.1 Å². The molecule has 22 heavy (non-hydrogen) atoms. The van der Waals surface area contributed by atoms with Gasteiger partial charge in [-0.3, -0.25) is 18.9 Å². The van der Waals surface area contributed by atoms with Crippen molar-refractivity contribution in [3.05, 3.63) is 33.1 Å². The van der Waals surface area contributed by atoms with E-state index in [1.54, 1.807) is 0 Å². The average Bonchev–Trinajstić information content (AvgIpc) is 3.03. The molecule has 122 valence electrons. The summed E-state index contributed by atoms with van der Waals surface area (Å²) in [5.41, 5.74) is -1.21. The fraction of sp³-hybridized carbons (Fsp3) is 0.636. The molecular formula is C11H15MoN2O7P. The fourth-order valence-electron chi connectivity index (χ4n) is 2.60. The smallest absolute Gasteiger partial charge is 0.330 e. The van der Waals surface area contributed by atoms with Gasteiger partial charge in [0.15, 0.2) is 20.0 Å². The minimum atomic E-state index is -2.61. The zero-order chi connectivity index (χ0) is 15.2. The Hall–Kier alpha value is -0.562. The molecule has 1 aromatic heterocycles. The van der Waals surface area contributed by atoms with Gasteiger partial charge in [-0.2, -0.15) is 0 Å². The van der Waals surface area contributed by atoms with E-state index < -0.39 is 37.4 Å². The van der Waals surface area contributed by atoms with E-state index in [0.717, 1.165) is 10.6 Å². The van der Waals surface area contributed by atoms with Crippen LogP contribution in [0.1, 0.15) is 12.6 Å². The van der Waals surface area contributed by atoms with Gasteiger partial charge in [0.25, 0.3) is 5.56 Å². The number of aromatic nitrogens is 2. The summed E-state index contributed by atoms with van der Waals surface area (Å²) in [5.74, 6) is -1.29. The molecule has 2 unspecified atom stereocenters. The van der Waals surface area contributed by atoms with Crippen molar-refractivity contribution >= 4 is 8.03 Å². The Kier molecular flexibility index (Phi) is 5.26. The van der Waals surface area contributed by atoms with Gasteiger partial charge in [-0.1, -0.05) is 0 Å². The summed E-state index contributed by atoms with van der Waals surface area (Å²) in [6.45, 7) is 0.0464. The van der Waals surface area contributed by atoms with Crippen molar-refractivity contribution in [2.45, 2.75) is 24.5 Å². The van der Waals surface area contributed by atoms with Gasteiger partial charge in [0, 0.05) is 51.8 Å². The maximum Gasteiger partial charge on any atom is 0.330 e. The predicted octanol–water partition coefficient (Wildman–Crippen LogP) is -1.38. The standard InChI is InChI=1S/C11H15N2O7P.Mo/c14-7-1-2-13(10(16)12-7)9-8(15)6-5-11(6,20-9)19-3-4-21(17)18;/h1-2,6,8-9,15,21H,3-5H2,(H,17,18)(H,12,14,16);/t6-,8+,9+,11?;/m0./s1. The van der Waals surface area contributed by atoms with Gasteiger partial charge in [-0.15, -0.1) is 0 Å². The largest absolute Gasteiger partial charge is 0.388 e. The molecule has 1 saturated heterocycles. The van der Waals surface area contributed by atoms with Crippen LogP contribution >= 0.6 is 8.03 Å². The summed E-state index contributed by atoms with van der Waals surface area (Å²) in [7, 11) is -2.61. The van der Waals surface area contributed by atoms with Crippen LogP contribution in [0.25, 0.3) is 0 Å². The molecule has 1 aromatic rings. The molecule has 1 aliphatic heterocycles. The number of aliphatic hydroxyl groups excluding tert-OH is 1. The van der Waals surface area contributed by atoms with E-state index in [0.29, 0.717) is 6.42 Å². The number of nitrogens with one attached hydrogen (secondary N) is 1. The van der Waals surface area contributed by atoms with E-state index in [1.807, 2.05) is 0 Å². The number of hydrogen-bond acceptors (Lipinski definition) is 6. The molecule has 0 bridgehead atoms. The number of ether oxygens (including phenoxy) is 2. The van der Waals surface area contributed by atoms with Gasteiger partial charge >= 0.3 is 5.69 Å². The van der Waals surface area contributed by atoms with Crippen molar-refractivity contribution in [2.75, 3.05) is 12.8 Å².